The zero-order chi connectivity index (χ0) is 14.0. The maximum atomic E-state index is 13.2. The molecule has 2 N–H and O–H groups in total. The summed E-state index contributed by atoms with van der Waals surface area (Å²) in [5, 5.41) is 0. The van der Waals surface area contributed by atoms with Crippen LogP contribution in [0.15, 0.2) is 18.2 Å². The van der Waals surface area contributed by atoms with Gasteiger partial charge < -0.3 is 10.6 Å². The van der Waals surface area contributed by atoms with Crippen molar-refractivity contribution in [2.75, 3.05) is 6.54 Å². The maximum Gasteiger partial charge on any atom is 0.223 e. The highest BCUT2D eigenvalue weighted by molar-refractivity contribution is 5.77. The molecule has 1 aromatic carbocycles. The van der Waals surface area contributed by atoms with Gasteiger partial charge in [0.1, 0.15) is 5.82 Å². The Balaban J connectivity index is 2.44. The Labute approximate surface area is 113 Å². The number of rotatable bonds is 2. The van der Waals surface area contributed by atoms with Gasteiger partial charge in [0, 0.05) is 19.0 Å². The number of nitrogens with two attached hydrogens (primary N) is 1. The van der Waals surface area contributed by atoms with Gasteiger partial charge in [-0.2, -0.15) is 0 Å². The molecule has 0 spiro atoms. The molecule has 2 unspecified atom stereocenters. The van der Waals surface area contributed by atoms with E-state index < -0.39 is 0 Å². The third-order valence-corrected chi connectivity index (χ3v) is 3.88. The van der Waals surface area contributed by atoms with Gasteiger partial charge in [0.15, 0.2) is 0 Å². The highest BCUT2D eigenvalue weighted by atomic mass is 19.1. The minimum atomic E-state index is -0.252. The number of likely N-dealkylation sites (tertiary alicyclic amines) is 1. The second kappa shape index (κ2) is 5.70. The predicted molar refractivity (Wildman–Crippen MR) is 73.1 cm³/mol. The molecule has 1 aliphatic heterocycles. The molecule has 1 heterocycles. The van der Waals surface area contributed by atoms with Crippen molar-refractivity contribution in [2.45, 2.75) is 45.2 Å². The summed E-state index contributed by atoms with van der Waals surface area (Å²) in [5.74, 6) is -0.109. The molecule has 0 saturated carbocycles. The van der Waals surface area contributed by atoms with Crippen LogP contribution in [-0.2, 0) is 4.79 Å². The zero-order valence-corrected chi connectivity index (χ0v) is 11.5. The van der Waals surface area contributed by atoms with Gasteiger partial charge in [-0.05, 0) is 49.9 Å². The number of amides is 1. The Hall–Kier alpha value is -1.42. The topological polar surface area (TPSA) is 46.3 Å². The summed E-state index contributed by atoms with van der Waals surface area (Å²) < 4.78 is 13.2. The number of carbonyl (C=O) groups excluding carboxylic acids is 1. The minimum absolute atomic E-state index is 0.0874. The first-order chi connectivity index (χ1) is 9.04. The van der Waals surface area contributed by atoms with Gasteiger partial charge in [-0.1, -0.05) is 6.07 Å². The molecule has 0 aliphatic carbocycles. The Morgan fingerprint density at radius 2 is 2.21 bits per heavy atom. The maximum absolute atomic E-state index is 13.2. The second-order valence-corrected chi connectivity index (χ2v) is 5.18. The largest absolute Gasteiger partial charge is 0.334 e. The summed E-state index contributed by atoms with van der Waals surface area (Å²) in [6.45, 7) is 4.46. The van der Waals surface area contributed by atoms with E-state index in [0.717, 1.165) is 24.0 Å². The Kier molecular flexibility index (Phi) is 4.20. The third kappa shape index (κ3) is 2.78. The smallest absolute Gasteiger partial charge is 0.223 e. The molecule has 1 amide bonds. The van der Waals surface area contributed by atoms with Gasteiger partial charge >= 0.3 is 0 Å². The van der Waals surface area contributed by atoms with Gasteiger partial charge in [-0.25, -0.2) is 4.39 Å². The molecular formula is C15H21FN2O. The van der Waals surface area contributed by atoms with Crippen molar-refractivity contribution < 1.29 is 9.18 Å². The predicted octanol–water partition coefficient (Wildman–Crippen LogP) is 2.53. The van der Waals surface area contributed by atoms with Crippen molar-refractivity contribution in [3.05, 3.63) is 35.1 Å². The summed E-state index contributed by atoms with van der Waals surface area (Å²) >= 11 is 0. The molecule has 0 radical (unpaired) electrons. The highest BCUT2D eigenvalue weighted by Gasteiger charge is 2.32. The quantitative estimate of drug-likeness (QED) is 0.892. The first kappa shape index (κ1) is 14.0. The van der Waals surface area contributed by atoms with Crippen molar-refractivity contribution in [3.63, 3.8) is 0 Å². The van der Waals surface area contributed by atoms with E-state index in [-0.39, 0.29) is 23.8 Å². The molecule has 1 saturated heterocycles. The van der Waals surface area contributed by atoms with Gasteiger partial charge in [-0.15, -0.1) is 0 Å². The lowest BCUT2D eigenvalue weighted by Crippen LogP contribution is -2.42. The summed E-state index contributed by atoms with van der Waals surface area (Å²) in [6.07, 6.45) is 2.20. The van der Waals surface area contributed by atoms with Crippen LogP contribution in [0.1, 0.15) is 43.4 Å². The van der Waals surface area contributed by atoms with E-state index in [4.69, 9.17) is 5.73 Å². The van der Waals surface area contributed by atoms with E-state index in [1.165, 1.54) is 12.1 Å². The van der Waals surface area contributed by atoms with E-state index in [1.807, 2.05) is 18.7 Å². The minimum Gasteiger partial charge on any atom is -0.334 e. The van der Waals surface area contributed by atoms with E-state index in [2.05, 4.69) is 0 Å². The summed E-state index contributed by atoms with van der Waals surface area (Å²) in [5.41, 5.74) is 8.08. The molecule has 4 heteroatoms. The van der Waals surface area contributed by atoms with Crippen LogP contribution < -0.4 is 5.73 Å². The van der Waals surface area contributed by atoms with E-state index in [9.17, 15) is 9.18 Å². The van der Waals surface area contributed by atoms with Crippen LogP contribution in [-0.4, -0.2) is 23.4 Å². The molecule has 2 rings (SSSR count). The number of hydrogen-bond donors (Lipinski definition) is 1. The molecule has 104 valence electrons. The van der Waals surface area contributed by atoms with Crippen molar-refractivity contribution in [1.82, 2.24) is 4.90 Å². The van der Waals surface area contributed by atoms with Gasteiger partial charge in [0.2, 0.25) is 5.91 Å². The number of carbonyl (C=O) groups is 1. The van der Waals surface area contributed by atoms with Crippen LogP contribution in [0, 0.1) is 12.7 Å². The molecule has 0 bridgehead atoms. The second-order valence-electron chi connectivity index (χ2n) is 5.18. The van der Waals surface area contributed by atoms with Crippen molar-refractivity contribution >= 4 is 5.91 Å². The van der Waals surface area contributed by atoms with Crippen molar-refractivity contribution in [2.24, 2.45) is 5.73 Å². The SMILES string of the molecule is CCN1C(=O)CCCC(N)C1c1ccc(F)cc1C. The fourth-order valence-corrected chi connectivity index (χ4v) is 2.92. The number of halogens is 1. The van der Waals surface area contributed by atoms with E-state index >= 15 is 0 Å². The Morgan fingerprint density at radius 3 is 2.84 bits per heavy atom. The molecule has 1 fully saturated rings. The number of nitrogens with zero attached hydrogens (tertiary/aromatic N) is 1. The standard InChI is InChI=1S/C15H21FN2O/c1-3-18-14(19)6-4-5-13(17)15(18)12-8-7-11(16)9-10(12)2/h7-9,13,15H,3-6,17H2,1-2H3. The fraction of sp³-hybridized carbons (Fsp3) is 0.533. The van der Waals surface area contributed by atoms with Crippen LogP contribution >= 0.6 is 0 Å². The fourth-order valence-electron chi connectivity index (χ4n) is 2.92. The molecule has 19 heavy (non-hydrogen) atoms. The van der Waals surface area contributed by atoms with Crippen LogP contribution in [0.2, 0.25) is 0 Å². The Morgan fingerprint density at radius 1 is 1.47 bits per heavy atom. The van der Waals surface area contributed by atoms with Crippen LogP contribution in [0.25, 0.3) is 0 Å². The van der Waals surface area contributed by atoms with Crippen molar-refractivity contribution in [1.29, 1.82) is 0 Å². The van der Waals surface area contributed by atoms with Crippen LogP contribution in [0.5, 0.6) is 0 Å². The molecule has 1 aliphatic rings. The third-order valence-electron chi connectivity index (χ3n) is 3.88. The average Bonchev–Trinajstić information content (AvgIpc) is 2.49. The number of likely N-dealkylation sites (N-methyl/N-ethyl adjacent to an activating group) is 1. The lowest BCUT2D eigenvalue weighted by molar-refractivity contribution is -0.133. The molecule has 3 nitrogen and oxygen atoms in total. The molecule has 0 aromatic heterocycles. The van der Waals surface area contributed by atoms with Crippen molar-refractivity contribution in [3.8, 4) is 0 Å². The lowest BCUT2D eigenvalue weighted by Gasteiger charge is -2.34. The summed E-state index contributed by atoms with van der Waals surface area (Å²) in [7, 11) is 0. The highest BCUT2D eigenvalue weighted by Crippen LogP contribution is 2.31. The molecular weight excluding hydrogens is 243 g/mol. The monoisotopic (exact) mass is 264 g/mol. The normalized spacial score (nSPS) is 24.4. The van der Waals surface area contributed by atoms with Crippen LogP contribution in [0.4, 0.5) is 4.39 Å². The van der Waals surface area contributed by atoms with E-state index in [0.29, 0.717) is 13.0 Å². The first-order valence-corrected chi connectivity index (χ1v) is 6.85. The average molecular weight is 264 g/mol. The summed E-state index contributed by atoms with van der Waals surface area (Å²) in [6, 6.07) is 4.48. The number of aryl methyl sites for hydroxylation is 1. The first-order valence-electron chi connectivity index (χ1n) is 6.85. The van der Waals surface area contributed by atoms with Crippen LogP contribution in [0.3, 0.4) is 0 Å². The van der Waals surface area contributed by atoms with Gasteiger partial charge in [0.25, 0.3) is 0 Å². The van der Waals surface area contributed by atoms with Gasteiger partial charge in [-0.3, -0.25) is 4.79 Å². The molecule has 1 aromatic rings. The number of hydrogen-bond acceptors (Lipinski definition) is 2. The number of benzene rings is 1. The van der Waals surface area contributed by atoms with E-state index in [1.54, 1.807) is 6.07 Å². The molecule has 2 atom stereocenters. The lowest BCUT2D eigenvalue weighted by atomic mass is 9.93. The Bertz CT molecular complexity index is 475. The van der Waals surface area contributed by atoms with Gasteiger partial charge in [0.05, 0.1) is 6.04 Å². The summed E-state index contributed by atoms with van der Waals surface area (Å²) in [4.78, 5) is 14.0. The zero-order valence-electron chi connectivity index (χ0n) is 11.5.